The van der Waals surface area contributed by atoms with E-state index in [1.165, 1.54) is 7.11 Å². The van der Waals surface area contributed by atoms with Crippen molar-refractivity contribution in [2.24, 2.45) is 5.92 Å². The van der Waals surface area contributed by atoms with Crippen molar-refractivity contribution in [3.63, 3.8) is 0 Å². The van der Waals surface area contributed by atoms with Gasteiger partial charge in [-0.1, -0.05) is 60.7 Å². The van der Waals surface area contributed by atoms with E-state index in [1.54, 1.807) is 24.3 Å². The van der Waals surface area contributed by atoms with Crippen LogP contribution in [0, 0.1) is 5.92 Å². The van der Waals surface area contributed by atoms with Crippen LogP contribution in [-0.4, -0.2) is 18.9 Å². The molecule has 0 saturated heterocycles. The second-order valence-corrected chi connectivity index (χ2v) is 4.50. The molecular formula is C17H16O3. The lowest BCUT2D eigenvalue weighted by Gasteiger charge is -2.13. The van der Waals surface area contributed by atoms with Gasteiger partial charge in [0.15, 0.2) is 5.78 Å². The van der Waals surface area contributed by atoms with Crippen LogP contribution in [0.25, 0.3) is 0 Å². The number of hydrogen-bond donors (Lipinski definition) is 0. The average molecular weight is 268 g/mol. The fourth-order valence-electron chi connectivity index (χ4n) is 2.08. The molecule has 102 valence electrons. The number of esters is 1. The molecule has 1 atom stereocenters. The first kappa shape index (κ1) is 14.0. The van der Waals surface area contributed by atoms with Crippen molar-refractivity contribution >= 4 is 11.8 Å². The van der Waals surface area contributed by atoms with Gasteiger partial charge in [0.25, 0.3) is 0 Å². The molecule has 0 bridgehead atoms. The van der Waals surface area contributed by atoms with Crippen LogP contribution in [-0.2, 0) is 16.0 Å². The molecule has 0 fully saturated rings. The summed E-state index contributed by atoms with van der Waals surface area (Å²) in [4.78, 5) is 24.3. The molecule has 0 N–H and O–H groups in total. The van der Waals surface area contributed by atoms with Gasteiger partial charge in [-0.05, 0) is 12.0 Å². The number of Topliss-reactive ketones (excluding diaryl/α,β-unsaturated/α-hetero) is 1. The highest BCUT2D eigenvalue weighted by Crippen LogP contribution is 2.16. The monoisotopic (exact) mass is 268 g/mol. The summed E-state index contributed by atoms with van der Waals surface area (Å²) in [5, 5.41) is 0. The van der Waals surface area contributed by atoms with E-state index in [9.17, 15) is 9.59 Å². The first-order valence-corrected chi connectivity index (χ1v) is 6.43. The Morgan fingerprint density at radius 1 is 0.950 bits per heavy atom. The summed E-state index contributed by atoms with van der Waals surface area (Å²) in [6, 6.07) is 18.3. The normalized spacial score (nSPS) is 11.7. The Hall–Kier alpha value is -2.42. The van der Waals surface area contributed by atoms with E-state index in [-0.39, 0.29) is 5.78 Å². The van der Waals surface area contributed by atoms with Crippen LogP contribution in [0.3, 0.4) is 0 Å². The average Bonchev–Trinajstić information content (AvgIpc) is 2.53. The van der Waals surface area contributed by atoms with E-state index in [2.05, 4.69) is 0 Å². The number of rotatable bonds is 5. The van der Waals surface area contributed by atoms with Gasteiger partial charge in [-0.25, -0.2) is 0 Å². The molecule has 3 nitrogen and oxygen atoms in total. The van der Waals surface area contributed by atoms with Gasteiger partial charge in [0.05, 0.1) is 7.11 Å². The van der Waals surface area contributed by atoms with Crippen LogP contribution in [0.1, 0.15) is 15.9 Å². The summed E-state index contributed by atoms with van der Waals surface area (Å²) in [5.41, 5.74) is 1.46. The van der Waals surface area contributed by atoms with Crippen LogP contribution in [0.2, 0.25) is 0 Å². The Bertz CT molecular complexity index is 576. The minimum atomic E-state index is -0.801. The largest absolute Gasteiger partial charge is 0.468 e. The number of carbonyl (C=O) groups excluding carboxylic acids is 2. The first-order valence-electron chi connectivity index (χ1n) is 6.43. The smallest absolute Gasteiger partial charge is 0.316 e. The maximum absolute atomic E-state index is 12.4. The predicted octanol–water partition coefficient (Wildman–Crippen LogP) is 2.90. The van der Waals surface area contributed by atoms with E-state index in [0.29, 0.717) is 12.0 Å². The second-order valence-electron chi connectivity index (χ2n) is 4.50. The van der Waals surface area contributed by atoms with Crippen LogP contribution < -0.4 is 0 Å². The van der Waals surface area contributed by atoms with Gasteiger partial charge in [-0.3, -0.25) is 9.59 Å². The summed E-state index contributed by atoms with van der Waals surface area (Å²) in [7, 11) is 1.30. The number of ether oxygens (including phenoxy) is 1. The number of benzene rings is 2. The van der Waals surface area contributed by atoms with E-state index >= 15 is 0 Å². The predicted molar refractivity (Wildman–Crippen MR) is 76.4 cm³/mol. The highest BCUT2D eigenvalue weighted by Gasteiger charge is 2.28. The molecule has 2 rings (SSSR count). The number of carbonyl (C=O) groups is 2. The summed E-state index contributed by atoms with van der Waals surface area (Å²) in [6.07, 6.45) is 0.348. The molecule has 0 saturated carbocycles. The van der Waals surface area contributed by atoms with Crippen LogP contribution in [0.5, 0.6) is 0 Å². The highest BCUT2D eigenvalue weighted by molar-refractivity contribution is 6.08. The molecule has 0 aliphatic carbocycles. The van der Waals surface area contributed by atoms with Gasteiger partial charge >= 0.3 is 5.97 Å². The molecule has 0 aliphatic heterocycles. The number of hydrogen-bond acceptors (Lipinski definition) is 3. The lowest BCUT2D eigenvalue weighted by Crippen LogP contribution is -2.27. The number of methoxy groups -OCH3 is 1. The molecule has 0 heterocycles. The minimum absolute atomic E-state index is 0.207. The van der Waals surface area contributed by atoms with E-state index < -0.39 is 11.9 Å². The van der Waals surface area contributed by atoms with Crippen LogP contribution in [0.15, 0.2) is 60.7 Å². The lowest BCUT2D eigenvalue weighted by molar-refractivity contribution is -0.143. The maximum atomic E-state index is 12.4. The van der Waals surface area contributed by atoms with Gasteiger partial charge in [0.2, 0.25) is 0 Å². The molecule has 2 aromatic carbocycles. The highest BCUT2D eigenvalue weighted by atomic mass is 16.5. The standard InChI is InChI=1S/C17H16O3/c1-20-17(19)15(12-13-8-4-2-5-9-13)16(18)14-10-6-3-7-11-14/h2-11,15H,12H2,1H3. The Balaban J connectivity index is 2.24. The molecule has 0 aliphatic rings. The Labute approximate surface area is 118 Å². The molecule has 0 amide bonds. The SMILES string of the molecule is COC(=O)C(Cc1ccccc1)C(=O)c1ccccc1. The van der Waals surface area contributed by atoms with Crippen molar-refractivity contribution in [2.75, 3.05) is 7.11 Å². The zero-order chi connectivity index (χ0) is 14.4. The van der Waals surface area contributed by atoms with Crippen molar-refractivity contribution in [3.05, 3.63) is 71.8 Å². The third kappa shape index (κ3) is 3.32. The van der Waals surface area contributed by atoms with E-state index in [4.69, 9.17) is 4.74 Å². The van der Waals surface area contributed by atoms with Crippen molar-refractivity contribution in [1.82, 2.24) is 0 Å². The molecule has 3 heteroatoms. The summed E-state index contributed by atoms with van der Waals surface area (Å²) < 4.78 is 4.77. The van der Waals surface area contributed by atoms with Crippen molar-refractivity contribution in [2.45, 2.75) is 6.42 Å². The minimum Gasteiger partial charge on any atom is -0.468 e. The quantitative estimate of drug-likeness (QED) is 0.476. The van der Waals surface area contributed by atoms with Gasteiger partial charge in [0.1, 0.15) is 5.92 Å². The molecule has 2 aromatic rings. The van der Waals surface area contributed by atoms with Crippen molar-refractivity contribution in [3.8, 4) is 0 Å². The first-order chi connectivity index (χ1) is 9.72. The molecular weight excluding hydrogens is 252 g/mol. The Kier molecular flexibility index (Phi) is 4.66. The van der Waals surface area contributed by atoms with Gasteiger partial charge in [-0.15, -0.1) is 0 Å². The second kappa shape index (κ2) is 6.66. The lowest BCUT2D eigenvalue weighted by atomic mass is 9.91. The maximum Gasteiger partial charge on any atom is 0.316 e. The zero-order valence-corrected chi connectivity index (χ0v) is 11.3. The molecule has 20 heavy (non-hydrogen) atoms. The van der Waals surface area contributed by atoms with Crippen molar-refractivity contribution in [1.29, 1.82) is 0 Å². The Morgan fingerprint density at radius 2 is 1.50 bits per heavy atom. The van der Waals surface area contributed by atoms with Gasteiger partial charge in [-0.2, -0.15) is 0 Å². The Morgan fingerprint density at radius 3 is 2.05 bits per heavy atom. The summed E-state index contributed by atoms with van der Waals surface area (Å²) >= 11 is 0. The topological polar surface area (TPSA) is 43.4 Å². The molecule has 0 spiro atoms. The summed E-state index contributed by atoms with van der Waals surface area (Å²) in [6.45, 7) is 0. The van der Waals surface area contributed by atoms with Gasteiger partial charge in [0, 0.05) is 5.56 Å². The van der Waals surface area contributed by atoms with E-state index in [0.717, 1.165) is 5.56 Å². The van der Waals surface area contributed by atoms with Crippen molar-refractivity contribution < 1.29 is 14.3 Å². The third-order valence-electron chi connectivity index (χ3n) is 3.14. The summed E-state index contributed by atoms with van der Waals surface area (Å²) in [5.74, 6) is -1.51. The molecule has 0 radical (unpaired) electrons. The van der Waals surface area contributed by atoms with Crippen LogP contribution >= 0.6 is 0 Å². The third-order valence-corrected chi connectivity index (χ3v) is 3.14. The van der Waals surface area contributed by atoms with E-state index in [1.807, 2.05) is 36.4 Å². The molecule has 1 unspecified atom stereocenters. The van der Waals surface area contributed by atoms with Gasteiger partial charge < -0.3 is 4.74 Å². The number of ketones is 1. The van der Waals surface area contributed by atoms with Crippen LogP contribution in [0.4, 0.5) is 0 Å². The fraction of sp³-hybridized carbons (Fsp3) is 0.176. The fourth-order valence-corrected chi connectivity index (χ4v) is 2.08. The zero-order valence-electron chi connectivity index (χ0n) is 11.3. The molecule has 0 aromatic heterocycles.